The van der Waals surface area contributed by atoms with Crippen molar-refractivity contribution in [3.8, 4) is 0 Å². The topological polar surface area (TPSA) is 101 Å². The molecule has 2 aromatic rings. The summed E-state index contributed by atoms with van der Waals surface area (Å²) in [5.41, 5.74) is 0.335. The second kappa shape index (κ2) is 5.49. The first-order chi connectivity index (χ1) is 9.08. The number of benzene rings is 1. The fourth-order valence-electron chi connectivity index (χ4n) is 1.50. The number of hydrogen-bond acceptors (Lipinski definition) is 4. The van der Waals surface area contributed by atoms with Crippen molar-refractivity contribution in [2.24, 2.45) is 0 Å². The van der Waals surface area contributed by atoms with Gasteiger partial charge in [-0.1, -0.05) is 11.6 Å². The molecule has 0 aliphatic carbocycles. The van der Waals surface area contributed by atoms with Crippen molar-refractivity contribution in [3.05, 3.63) is 56.9 Å². The van der Waals surface area contributed by atoms with E-state index in [1.807, 2.05) is 0 Å². The van der Waals surface area contributed by atoms with Crippen LogP contribution in [0.25, 0.3) is 0 Å². The number of halogens is 1. The van der Waals surface area contributed by atoms with Gasteiger partial charge < -0.3 is 5.32 Å². The first-order valence-electron chi connectivity index (χ1n) is 5.28. The number of nitro groups is 1. The van der Waals surface area contributed by atoms with Crippen LogP contribution in [0.3, 0.4) is 0 Å². The van der Waals surface area contributed by atoms with Gasteiger partial charge in [-0.3, -0.25) is 20.0 Å². The monoisotopic (exact) mass is 280 g/mol. The minimum Gasteiger partial charge on any atom is -0.346 e. The molecule has 0 bridgehead atoms. The highest BCUT2D eigenvalue weighted by Crippen LogP contribution is 2.22. The maximum Gasteiger partial charge on any atom is 0.282 e. The number of amides is 1. The molecule has 0 aliphatic heterocycles. The lowest BCUT2D eigenvalue weighted by atomic mass is 10.1. The number of aromatic amines is 1. The normalized spacial score (nSPS) is 10.2. The molecule has 0 radical (unpaired) electrons. The molecule has 8 heteroatoms. The van der Waals surface area contributed by atoms with E-state index in [0.717, 1.165) is 0 Å². The molecule has 19 heavy (non-hydrogen) atoms. The molecule has 0 atom stereocenters. The summed E-state index contributed by atoms with van der Waals surface area (Å²) in [6.07, 6.45) is 1.54. The van der Waals surface area contributed by atoms with Gasteiger partial charge in [-0.15, -0.1) is 0 Å². The van der Waals surface area contributed by atoms with E-state index in [1.54, 1.807) is 12.3 Å². The molecular weight excluding hydrogens is 272 g/mol. The van der Waals surface area contributed by atoms with Crippen molar-refractivity contribution in [1.82, 2.24) is 15.5 Å². The zero-order chi connectivity index (χ0) is 13.8. The third-order valence-corrected chi connectivity index (χ3v) is 2.63. The van der Waals surface area contributed by atoms with Gasteiger partial charge >= 0.3 is 0 Å². The minimum atomic E-state index is -0.624. The van der Waals surface area contributed by atoms with E-state index in [9.17, 15) is 14.9 Å². The van der Waals surface area contributed by atoms with Crippen molar-refractivity contribution in [2.45, 2.75) is 6.54 Å². The molecule has 0 spiro atoms. The molecule has 0 saturated carbocycles. The van der Waals surface area contributed by atoms with Crippen LogP contribution in [-0.4, -0.2) is 21.0 Å². The first-order valence-corrected chi connectivity index (χ1v) is 5.66. The zero-order valence-corrected chi connectivity index (χ0v) is 10.3. The van der Waals surface area contributed by atoms with Crippen LogP contribution in [0.1, 0.15) is 16.1 Å². The van der Waals surface area contributed by atoms with Gasteiger partial charge in [0.15, 0.2) is 0 Å². The summed E-state index contributed by atoms with van der Waals surface area (Å²) < 4.78 is 0. The molecule has 0 unspecified atom stereocenters. The Morgan fingerprint density at radius 1 is 1.47 bits per heavy atom. The fourth-order valence-corrected chi connectivity index (χ4v) is 1.68. The van der Waals surface area contributed by atoms with Crippen LogP contribution in [0.5, 0.6) is 0 Å². The Morgan fingerprint density at radius 2 is 2.26 bits per heavy atom. The summed E-state index contributed by atoms with van der Waals surface area (Å²) in [6, 6.07) is 5.52. The van der Waals surface area contributed by atoms with Crippen LogP contribution in [0.2, 0.25) is 5.02 Å². The summed E-state index contributed by atoms with van der Waals surface area (Å²) in [7, 11) is 0. The lowest BCUT2D eigenvalue weighted by molar-refractivity contribution is -0.385. The first kappa shape index (κ1) is 13.0. The highest BCUT2D eigenvalue weighted by atomic mass is 35.5. The predicted molar refractivity (Wildman–Crippen MR) is 67.9 cm³/mol. The van der Waals surface area contributed by atoms with Crippen molar-refractivity contribution in [3.63, 3.8) is 0 Å². The molecule has 2 rings (SSSR count). The maximum absolute atomic E-state index is 11.9. The van der Waals surface area contributed by atoms with E-state index in [2.05, 4.69) is 15.5 Å². The largest absolute Gasteiger partial charge is 0.346 e. The van der Waals surface area contributed by atoms with Crippen molar-refractivity contribution < 1.29 is 9.72 Å². The smallest absolute Gasteiger partial charge is 0.282 e. The quantitative estimate of drug-likeness (QED) is 0.659. The summed E-state index contributed by atoms with van der Waals surface area (Å²) in [4.78, 5) is 22.1. The third-order valence-electron chi connectivity index (χ3n) is 2.40. The van der Waals surface area contributed by atoms with E-state index < -0.39 is 10.8 Å². The van der Waals surface area contributed by atoms with Crippen LogP contribution in [0, 0.1) is 10.1 Å². The summed E-state index contributed by atoms with van der Waals surface area (Å²) >= 11 is 5.75. The highest BCUT2D eigenvalue weighted by Gasteiger charge is 2.20. The Bertz CT molecular complexity index is 612. The lowest BCUT2D eigenvalue weighted by Crippen LogP contribution is -2.23. The molecule has 0 saturated heterocycles. The molecule has 7 nitrogen and oxygen atoms in total. The molecular formula is C11H9ClN4O3. The number of nitrogens with one attached hydrogen (secondary N) is 2. The number of hydrogen-bond donors (Lipinski definition) is 2. The van der Waals surface area contributed by atoms with Gasteiger partial charge in [0.1, 0.15) is 5.56 Å². The number of nitro benzene ring substituents is 1. The van der Waals surface area contributed by atoms with Crippen LogP contribution in [0.15, 0.2) is 30.5 Å². The second-order valence-electron chi connectivity index (χ2n) is 3.68. The molecule has 0 fully saturated rings. The number of aromatic nitrogens is 2. The summed E-state index contributed by atoms with van der Waals surface area (Å²) in [5, 5.41) is 20.0. The zero-order valence-electron chi connectivity index (χ0n) is 9.59. The standard InChI is InChI=1S/C11H9ClN4O3/c12-7-1-2-10(16(18)19)9(5-7)11(17)13-6-8-3-4-14-15-8/h1-5H,6H2,(H,13,17)(H,14,15). The molecule has 98 valence electrons. The Hall–Kier alpha value is -2.41. The number of H-pyrrole nitrogens is 1. The van der Waals surface area contributed by atoms with Gasteiger partial charge in [-0.05, 0) is 18.2 Å². The average molecular weight is 281 g/mol. The van der Waals surface area contributed by atoms with Gasteiger partial charge in [0.2, 0.25) is 0 Å². The molecule has 1 aromatic heterocycles. The van der Waals surface area contributed by atoms with Gasteiger partial charge in [0.25, 0.3) is 11.6 Å². The number of rotatable bonds is 4. The molecule has 1 heterocycles. The fraction of sp³-hybridized carbons (Fsp3) is 0.0909. The Labute approximate surface area is 112 Å². The number of carbonyl (C=O) groups excluding carboxylic acids is 1. The molecule has 1 aromatic carbocycles. The highest BCUT2D eigenvalue weighted by molar-refractivity contribution is 6.31. The van der Waals surface area contributed by atoms with E-state index >= 15 is 0 Å². The van der Waals surface area contributed by atoms with E-state index in [0.29, 0.717) is 5.69 Å². The molecule has 2 N–H and O–H groups in total. The van der Waals surface area contributed by atoms with Crippen molar-refractivity contribution >= 4 is 23.2 Å². The van der Waals surface area contributed by atoms with E-state index in [1.165, 1.54) is 18.2 Å². The Balaban J connectivity index is 2.18. The lowest BCUT2D eigenvalue weighted by Gasteiger charge is -2.05. The van der Waals surface area contributed by atoms with Gasteiger partial charge in [0, 0.05) is 17.3 Å². The van der Waals surface area contributed by atoms with Crippen LogP contribution in [0.4, 0.5) is 5.69 Å². The van der Waals surface area contributed by atoms with Gasteiger partial charge in [-0.2, -0.15) is 5.10 Å². The predicted octanol–water partition coefficient (Wildman–Crippen LogP) is 1.90. The van der Waals surface area contributed by atoms with Crippen molar-refractivity contribution in [2.75, 3.05) is 0 Å². The third kappa shape index (κ3) is 3.08. The summed E-state index contributed by atoms with van der Waals surface area (Å²) in [6.45, 7) is 0.197. The van der Waals surface area contributed by atoms with Crippen molar-refractivity contribution in [1.29, 1.82) is 0 Å². The van der Waals surface area contributed by atoms with E-state index in [4.69, 9.17) is 11.6 Å². The Morgan fingerprint density at radius 3 is 2.89 bits per heavy atom. The second-order valence-corrected chi connectivity index (χ2v) is 4.12. The Kier molecular flexibility index (Phi) is 3.76. The van der Waals surface area contributed by atoms with Crippen LogP contribution >= 0.6 is 11.6 Å². The average Bonchev–Trinajstić information content (AvgIpc) is 2.88. The number of nitrogens with zero attached hydrogens (tertiary/aromatic N) is 2. The number of carbonyl (C=O) groups is 1. The summed E-state index contributed by atoms with van der Waals surface area (Å²) in [5.74, 6) is -0.566. The minimum absolute atomic E-state index is 0.0722. The molecule has 0 aliphatic rings. The van der Waals surface area contributed by atoms with Gasteiger partial charge in [-0.25, -0.2) is 0 Å². The SMILES string of the molecule is O=C(NCc1ccn[nH]1)c1cc(Cl)ccc1[N+](=O)[O-]. The molecule has 1 amide bonds. The van der Waals surface area contributed by atoms with Gasteiger partial charge in [0.05, 0.1) is 17.2 Å². The van der Waals surface area contributed by atoms with E-state index in [-0.39, 0.29) is 22.8 Å². The maximum atomic E-state index is 11.9. The van der Waals surface area contributed by atoms with Crippen LogP contribution in [-0.2, 0) is 6.54 Å². The van der Waals surface area contributed by atoms with Crippen LogP contribution < -0.4 is 5.32 Å².